The molecule has 15 heavy (non-hydrogen) atoms. The second-order valence-electron chi connectivity index (χ2n) is 4.39. The normalized spacial score (nSPS) is 25.5. The van der Waals surface area contributed by atoms with Crippen LogP contribution >= 0.6 is 0 Å². The summed E-state index contributed by atoms with van der Waals surface area (Å²) in [5.74, 6) is 0.395. The second kappa shape index (κ2) is 4.09. The Morgan fingerprint density at radius 1 is 1.40 bits per heavy atom. The Morgan fingerprint density at radius 2 is 2.20 bits per heavy atom. The molecule has 1 aromatic rings. The van der Waals surface area contributed by atoms with Crippen LogP contribution in [0.1, 0.15) is 26.2 Å². The SMILES string of the molecule is CC1CCCC1Nc1ccc(F)cc1N. The third kappa shape index (κ3) is 2.22. The lowest BCUT2D eigenvalue weighted by Crippen LogP contribution is -2.22. The molecule has 2 atom stereocenters. The molecule has 0 amide bonds. The van der Waals surface area contributed by atoms with Gasteiger partial charge in [0, 0.05) is 6.04 Å². The monoisotopic (exact) mass is 208 g/mol. The van der Waals surface area contributed by atoms with Gasteiger partial charge in [-0.1, -0.05) is 13.3 Å². The van der Waals surface area contributed by atoms with Crippen LogP contribution in [0.15, 0.2) is 18.2 Å². The van der Waals surface area contributed by atoms with Gasteiger partial charge in [0.15, 0.2) is 0 Å². The summed E-state index contributed by atoms with van der Waals surface area (Å²) in [7, 11) is 0. The van der Waals surface area contributed by atoms with Crippen molar-refractivity contribution in [2.75, 3.05) is 11.1 Å². The Kier molecular flexibility index (Phi) is 2.80. The van der Waals surface area contributed by atoms with E-state index in [0.29, 0.717) is 17.6 Å². The van der Waals surface area contributed by atoms with Crippen LogP contribution in [-0.2, 0) is 0 Å². The molecule has 3 heteroatoms. The van der Waals surface area contributed by atoms with Crippen molar-refractivity contribution in [3.63, 3.8) is 0 Å². The standard InChI is InChI=1S/C12H17FN2/c1-8-3-2-4-11(8)15-12-6-5-9(13)7-10(12)14/h5-8,11,15H,2-4,14H2,1H3. The summed E-state index contributed by atoms with van der Waals surface area (Å²) in [4.78, 5) is 0. The molecule has 2 rings (SSSR count). The van der Waals surface area contributed by atoms with Crippen molar-refractivity contribution in [1.82, 2.24) is 0 Å². The van der Waals surface area contributed by atoms with E-state index in [1.54, 1.807) is 6.07 Å². The highest BCUT2D eigenvalue weighted by atomic mass is 19.1. The minimum absolute atomic E-state index is 0.280. The Bertz CT molecular complexity index is 351. The molecule has 0 radical (unpaired) electrons. The van der Waals surface area contributed by atoms with Gasteiger partial charge in [0.05, 0.1) is 11.4 Å². The number of hydrogen-bond donors (Lipinski definition) is 2. The molecule has 2 nitrogen and oxygen atoms in total. The van der Waals surface area contributed by atoms with E-state index >= 15 is 0 Å². The van der Waals surface area contributed by atoms with Crippen LogP contribution in [0.5, 0.6) is 0 Å². The van der Waals surface area contributed by atoms with Crippen LogP contribution in [-0.4, -0.2) is 6.04 Å². The van der Waals surface area contributed by atoms with Crippen molar-refractivity contribution in [2.45, 2.75) is 32.2 Å². The van der Waals surface area contributed by atoms with Crippen LogP contribution in [0.2, 0.25) is 0 Å². The number of benzene rings is 1. The molecule has 3 N–H and O–H groups in total. The van der Waals surface area contributed by atoms with E-state index in [1.165, 1.54) is 31.4 Å². The number of anilines is 2. The van der Waals surface area contributed by atoms with E-state index in [4.69, 9.17) is 5.73 Å². The van der Waals surface area contributed by atoms with Gasteiger partial charge < -0.3 is 11.1 Å². The summed E-state index contributed by atoms with van der Waals surface area (Å²) in [6.07, 6.45) is 3.71. The summed E-state index contributed by atoms with van der Waals surface area (Å²) in [6, 6.07) is 5.01. The molecule has 2 unspecified atom stereocenters. The predicted octanol–water partition coefficient (Wildman–Crippen LogP) is 3.01. The van der Waals surface area contributed by atoms with Gasteiger partial charge in [0.1, 0.15) is 5.82 Å². The van der Waals surface area contributed by atoms with Gasteiger partial charge in [-0.2, -0.15) is 0 Å². The molecule has 1 aromatic carbocycles. The molecule has 1 fully saturated rings. The number of nitrogen functional groups attached to an aromatic ring is 1. The van der Waals surface area contributed by atoms with Gasteiger partial charge >= 0.3 is 0 Å². The topological polar surface area (TPSA) is 38.0 Å². The van der Waals surface area contributed by atoms with E-state index in [1.807, 2.05) is 0 Å². The number of nitrogens with one attached hydrogen (secondary N) is 1. The summed E-state index contributed by atoms with van der Waals surface area (Å²) in [5.41, 5.74) is 7.09. The van der Waals surface area contributed by atoms with Gasteiger partial charge in [-0.15, -0.1) is 0 Å². The highest BCUT2D eigenvalue weighted by molar-refractivity contribution is 5.66. The van der Waals surface area contributed by atoms with Crippen molar-refractivity contribution >= 4 is 11.4 Å². The maximum atomic E-state index is 12.8. The van der Waals surface area contributed by atoms with Crippen molar-refractivity contribution in [2.24, 2.45) is 5.92 Å². The van der Waals surface area contributed by atoms with Gasteiger partial charge in [0.2, 0.25) is 0 Å². The number of hydrogen-bond acceptors (Lipinski definition) is 2. The third-order valence-electron chi connectivity index (χ3n) is 3.22. The van der Waals surface area contributed by atoms with Crippen LogP contribution in [0.25, 0.3) is 0 Å². The Hall–Kier alpha value is -1.25. The Morgan fingerprint density at radius 3 is 2.80 bits per heavy atom. The first kappa shape index (κ1) is 10.3. The van der Waals surface area contributed by atoms with Crippen LogP contribution in [0, 0.1) is 11.7 Å². The van der Waals surface area contributed by atoms with E-state index in [9.17, 15) is 4.39 Å². The van der Waals surface area contributed by atoms with E-state index in [-0.39, 0.29) is 5.82 Å². The maximum absolute atomic E-state index is 12.8. The minimum atomic E-state index is -0.280. The average Bonchev–Trinajstić information content (AvgIpc) is 2.57. The predicted molar refractivity (Wildman–Crippen MR) is 61.2 cm³/mol. The molecule has 82 valence electrons. The van der Waals surface area contributed by atoms with Crippen LogP contribution in [0.3, 0.4) is 0 Å². The molecular weight excluding hydrogens is 191 g/mol. The molecule has 1 aliphatic rings. The Balaban J connectivity index is 2.10. The zero-order valence-corrected chi connectivity index (χ0v) is 8.96. The largest absolute Gasteiger partial charge is 0.397 e. The lowest BCUT2D eigenvalue weighted by atomic mass is 10.1. The van der Waals surface area contributed by atoms with Crippen molar-refractivity contribution in [3.8, 4) is 0 Å². The van der Waals surface area contributed by atoms with Crippen molar-refractivity contribution in [1.29, 1.82) is 0 Å². The van der Waals surface area contributed by atoms with Gasteiger partial charge in [-0.25, -0.2) is 4.39 Å². The first-order valence-electron chi connectivity index (χ1n) is 5.48. The maximum Gasteiger partial charge on any atom is 0.125 e. The summed E-state index contributed by atoms with van der Waals surface area (Å²) in [5, 5.41) is 3.39. The average molecular weight is 208 g/mol. The summed E-state index contributed by atoms with van der Waals surface area (Å²) < 4.78 is 12.8. The number of rotatable bonds is 2. The van der Waals surface area contributed by atoms with E-state index in [0.717, 1.165) is 5.69 Å². The second-order valence-corrected chi connectivity index (χ2v) is 4.39. The smallest absolute Gasteiger partial charge is 0.125 e. The molecule has 1 aliphatic carbocycles. The molecule has 1 saturated carbocycles. The lowest BCUT2D eigenvalue weighted by molar-refractivity contribution is 0.556. The van der Waals surface area contributed by atoms with Crippen molar-refractivity contribution in [3.05, 3.63) is 24.0 Å². The Labute approximate surface area is 89.7 Å². The fourth-order valence-corrected chi connectivity index (χ4v) is 2.22. The number of nitrogens with two attached hydrogens (primary N) is 1. The third-order valence-corrected chi connectivity index (χ3v) is 3.22. The number of halogens is 1. The first-order valence-corrected chi connectivity index (χ1v) is 5.48. The molecule has 0 heterocycles. The van der Waals surface area contributed by atoms with Gasteiger partial charge in [-0.05, 0) is 37.0 Å². The summed E-state index contributed by atoms with van der Waals surface area (Å²) in [6.45, 7) is 2.24. The highest BCUT2D eigenvalue weighted by Gasteiger charge is 2.23. The molecule has 0 aliphatic heterocycles. The van der Waals surface area contributed by atoms with E-state index in [2.05, 4.69) is 12.2 Å². The van der Waals surface area contributed by atoms with Crippen LogP contribution < -0.4 is 11.1 Å². The minimum Gasteiger partial charge on any atom is -0.397 e. The zero-order chi connectivity index (χ0) is 10.8. The van der Waals surface area contributed by atoms with Gasteiger partial charge in [-0.3, -0.25) is 0 Å². The molecular formula is C12H17FN2. The molecule has 0 bridgehead atoms. The fraction of sp³-hybridized carbons (Fsp3) is 0.500. The highest BCUT2D eigenvalue weighted by Crippen LogP contribution is 2.30. The molecule has 0 aromatic heterocycles. The molecule has 0 saturated heterocycles. The first-order chi connectivity index (χ1) is 7.16. The quantitative estimate of drug-likeness (QED) is 0.733. The summed E-state index contributed by atoms with van der Waals surface area (Å²) >= 11 is 0. The molecule has 0 spiro atoms. The van der Waals surface area contributed by atoms with Gasteiger partial charge in [0.25, 0.3) is 0 Å². The lowest BCUT2D eigenvalue weighted by Gasteiger charge is -2.19. The van der Waals surface area contributed by atoms with Crippen molar-refractivity contribution < 1.29 is 4.39 Å². The van der Waals surface area contributed by atoms with E-state index < -0.39 is 0 Å². The van der Waals surface area contributed by atoms with Crippen LogP contribution in [0.4, 0.5) is 15.8 Å². The fourth-order valence-electron chi connectivity index (χ4n) is 2.22. The zero-order valence-electron chi connectivity index (χ0n) is 8.96.